The van der Waals surface area contributed by atoms with E-state index in [1.165, 1.54) is 24.8 Å². The molecule has 1 atom stereocenters. The molecule has 0 spiro atoms. The summed E-state index contributed by atoms with van der Waals surface area (Å²) in [4.78, 5) is 2.28. The SMILES string of the molecule is CN1CCC(Oc2ccc(C3(CN)CCC3)cc2Cl)C1. The standard InChI is InChI=1S/C16H23ClN2O/c1-19-8-5-13(10-19)20-15-4-3-12(9-14(15)17)16(11-18)6-2-7-16/h3-4,9,13H,2,5-8,10-11,18H2,1H3. The molecule has 0 bridgehead atoms. The largest absolute Gasteiger partial charge is 0.487 e. The van der Waals surface area contributed by atoms with Gasteiger partial charge >= 0.3 is 0 Å². The molecule has 1 heterocycles. The van der Waals surface area contributed by atoms with Crippen molar-refractivity contribution < 1.29 is 4.74 Å². The molecule has 0 radical (unpaired) electrons. The van der Waals surface area contributed by atoms with Crippen LogP contribution < -0.4 is 10.5 Å². The van der Waals surface area contributed by atoms with Gasteiger partial charge in [0.05, 0.1) is 5.02 Å². The Kier molecular flexibility index (Phi) is 3.93. The molecule has 1 aliphatic heterocycles. The topological polar surface area (TPSA) is 38.5 Å². The Balaban J connectivity index is 1.74. The van der Waals surface area contributed by atoms with E-state index in [2.05, 4.69) is 24.1 Å². The van der Waals surface area contributed by atoms with Gasteiger partial charge in [-0.25, -0.2) is 0 Å². The highest BCUT2D eigenvalue weighted by Gasteiger charge is 2.37. The Morgan fingerprint density at radius 1 is 1.45 bits per heavy atom. The van der Waals surface area contributed by atoms with Gasteiger partial charge in [0.2, 0.25) is 0 Å². The van der Waals surface area contributed by atoms with Crippen LogP contribution in [0.25, 0.3) is 0 Å². The number of hydrogen-bond acceptors (Lipinski definition) is 3. The number of nitrogens with two attached hydrogens (primary N) is 1. The summed E-state index contributed by atoms with van der Waals surface area (Å²) in [6, 6.07) is 6.22. The predicted octanol–water partition coefficient (Wildman–Crippen LogP) is 2.80. The quantitative estimate of drug-likeness (QED) is 0.928. The lowest BCUT2D eigenvalue weighted by atomic mass is 9.64. The summed E-state index contributed by atoms with van der Waals surface area (Å²) in [5.41, 5.74) is 7.39. The first kappa shape index (κ1) is 14.2. The molecule has 2 aliphatic rings. The Morgan fingerprint density at radius 3 is 2.75 bits per heavy atom. The first-order valence-corrected chi connectivity index (χ1v) is 7.86. The van der Waals surface area contributed by atoms with Crippen LogP contribution >= 0.6 is 11.6 Å². The van der Waals surface area contributed by atoms with Gasteiger partial charge in [-0.2, -0.15) is 0 Å². The van der Waals surface area contributed by atoms with E-state index < -0.39 is 0 Å². The van der Waals surface area contributed by atoms with Crippen LogP contribution in [0.1, 0.15) is 31.2 Å². The fourth-order valence-corrected chi connectivity index (χ4v) is 3.54. The van der Waals surface area contributed by atoms with Crippen molar-refractivity contribution >= 4 is 11.6 Å². The first-order valence-electron chi connectivity index (χ1n) is 7.48. The van der Waals surface area contributed by atoms with Crippen LogP contribution in [0.3, 0.4) is 0 Å². The number of benzene rings is 1. The predicted molar refractivity (Wildman–Crippen MR) is 82.6 cm³/mol. The molecule has 110 valence electrons. The second kappa shape index (κ2) is 5.55. The molecule has 0 amide bonds. The molecule has 4 heteroatoms. The molecular weight excluding hydrogens is 272 g/mol. The maximum Gasteiger partial charge on any atom is 0.138 e. The van der Waals surface area contributed by atoms with Gasteiger partial charge in [0.25, 0.3) is 0 Å². The maximum absolute atomic E-state index is 6.41. The lowest BCUT2D eigenvalue weighted by Crippen LogP contribution is -2.41. The molecule has 1 aromatic carbocycles. The first-order chi connectivity index (χ1) is 9.63. The third-order valence-electron chi connectivity index (χ3n) is 4.89. The zero-order valence-electron chi connectivity index (χ0n) is 12.1. The molecule has 3 nitrogen and oxygen atoms in total. The summed E-state index contributed by atoms with van der Waals surface area (Å²) >= 11 is 6.41. The highest BCUT2D eigenvalue weighted by atomic mass is 35.5. The monoisotopic (exact) mass is 294 g/mol. The number of halogens is 1. The van der Waals surface area contributed by atoms with Gasteiger partial charge < -0.3 is 15.4 Å². The zero-order valence-corrected chi connectivity index (χ0v) is 12.8. The minimum absolute atomic E-state index is 0.162. The second-order valence-electron chi connectivity index (χ2n) is 6.27. The van der Waals surface area contributed by atoms with E-state index in [-0.39, 0.29) is 11.5 Å². The van der Waals surface area contributed by atoms with Gasteiger partial charge in [0, 0.05) is 25.0 Å². The average Bonchev–Trinajstić information content (AvgIpc) is 2.77. The van der Waals surface area contributed by atoms with Gasteiger partial charge in [0.1, 0.15) is 11.9 Å². The van der Waals surface area contributed by atoms with Crippen LogP contribution in [0.2, 0.25) is 5.02 Å². The molecule has 2 fully saturated rings. The van der Waals surface area contributed by atoms with Gasteiger partial charge in [0.15, 0.2) is 0 Å². The third-order valence-corrected chi connectivity index (χ3v) is 5.18. The van der Waals surface area contributed by atoms with E-state index in [0.717, 1.165) is 30.3 Å². The Labute approximate surface area is 126 Å². The number of likely N-dealkylation sites (tertiary alicyclic amines) is 1. The van der Waals surface area contributed by atoms with Crippen molar-refractivity contribution in [3.8, 4) is 5.75 Å². The summed E-state index contributed by atoms with van der Waals surface area (Å²) in [6.07, 6.45) is 4.94. The fraction of sp³-hybridized carbons (Fsp3) is 0.625. The molecule has 2 N–H and O–H groups in total. The van der Waals surface area contributed by atoms with Crippen molar-refractivity contribution in [1.82, 2.24) is 4.90 Å². The minimum Gasteiger partial charge on any atom is -0.487 e. The highest BCUT2D eigenvalue weighted by molar-refractivity contribution is 6.32. The van der Waals surface area contributed by atoms with Crippen LogP contribution in [0, 0.1) is 0 Å². The summed E-state index contributed by atoms with van der Waals surface area (Å²) in [5, 5.41) is 0.719. The average molecular weight is 295 g/mol. The summed E-state index contributed by atoms with van der Waals surface area (Å²) in [5.74, 6) is 0.808. The molecular formula is C16H23ClN2O. The van der Waals surface area contributed by atoms with Crippen LogP contribution in [-0.4, -0.2) is 37.7 Å². The number of hydrogen-bond donors (Lipinski definition) is 1. The summed E-state index contributed by atoms with van der Waals surface area (Å²) in [6.45, 7) is 2.78. The van der Waals surface area contributed by atoms with Crippen LogP contribution in [0.15, 0.2) is 18.2 Å². The molecule has 1 aliphatic carbocycles. The summed E-state index contributed by atoms with van der Waals surface area (Å²) < 4.78 is 6.02. The Hall–Kier alpha value is -0.770. The van der Waals surface area contributed by atoms with E-state index >= 15 is 0 Å². The van der Waals surface area contributed by atoms with E-state index in [9.17, 15) is 0 Å². The van der Waals surface area contributed by atoms with Gasteiger partial charge in [-0.05, 0) is 44.0 Å². The van der Waals surface area contributed by atoms with E-state index in [0.29, 0.717) is 6.54 Å². The van der Waals surface area contributed by atoms with Crippen LogP contribution in [0.4, 0.5) is 0 Å². The van der Waals surface area contributed by atoms with E-state index in [1.54, 1.807) is 0 Å². The Morgan fingerprint density at radius 2 is 2.25 bits per heavy atom. The fourth-order valence-electron chi connectivity index (χ4n) is 3.31. The lowest BCUT2D eigenvalue weighted by molar-refractivity contribution is 0.207. The van der Waals surface area contributed by atoms with Crippen molar-refractivity contribution in [3.63, 3.8) is 0 Å². The minimum atomic E-state index is 0.162. The van der Waals surface area contributed by atoms with Crippen molar-refractivity contribution in [2.75, 3.05) is 26.7 Å². The molecule has 3 rings (SSSR count). The van der Waals surface area contributed by atoms with Gasteiger partial charge in [-0.15, -0.1) is 0 Å². The van der Waals surface area contributed by atoms with E-state index in [4.69, 9.17) is 22.1 Å². The lowest BCUT2D eigenvalue weighted by Gasteiger charge is -2.41. The van der Waals surface area contributed by atoms with Gasteiger partial charge in [-0.1, -0.05) is 24.1 Å². The van der Waals surface area contributed by atoms with Crippen molar-refractivity contribution in [1.29, 1.82) is 0 Å². The number of rotatable bonds is 4. The van der Waals surface area contributed by atoms with Crippen molar-refractivity contribution in [2.45, 2.75) is 37.2 Å². The molecule has 20 heavy (non-hydrogen) atoms. The molecule has 0 aromatic heterocycles. The number of ether oxygens (including phenoxy) is 1. The molecule has 1 saturated heterocycles. The van der Waals surface area contributed by atoms with Crippen molar-refractivity contribution in [2.24, 2.45) is 5.73 Å². The third kappa shape index (κ3) is 2.54. The van der Waals surface area contributed by atoms with Crippen molar-refractivity contribution in [3.05, 3.63) is 28.8 Å². The highest BCUT2D eigenvalue weighted by Crippen LogP contribution is 2.44. The van der Waals surface area contributed by atoms with Crippen LogP contribution in [-0.2, 0) is 5.41 Å². The zero-order chi connectivity index (χ0) is 14.2. The maximum atomic E-state index is 6.41. The molecule has 1 aromatic rings. The Bertz CT molecular complexity index is 482. The molecule has 1 saturated carbocycles. The summed E-state index contributed by atoms with van der Waals surface area (Å²) in [7, 11) is 2.12. The van der Waals surface area contributed by atoms with Crippen LogP contribution in [0.5, 0.6) is 5.75 Å². The van der Waals surface area contributed by atoms with Gasteiger partial charge in [-0.3, -0.25) is 0 Å². The van der Waals surface area contributed by atoms with E-state index in [1.807, 2.05) is 6.07 Å². The smallest absolute Gasteiger partial charge is 0.138 e. The second-order valence-corrected chi connectivity index (χ2v) is 6.68. The number of likely N-dealkylation sites (N-methyl/N-ethyl adjacent to an activating group) is 1. The molecule has 1 unspecified atom stereocenters. The number of nitrogens with zero attached hydrogens (tertiary/aromatic N) is 1. The normalized spacial score (nSPS) is 25.4.